The second-order valence-electron chi connectivity index (χ2n) is 4.99. The van der Waals surface area contributed by atoms with Crippen LogP contribution in [0, 0.1) is 0 Å². The Morgan fingerprint density at radius 1 is 1.39 bits per heavy atom. The van der Waals surface area contributed by atoms with E-state index in [0.717, 1.165) is 12.0 Å². The van der Waals surface area contributed by atoms with E-state index in [2.05, 4.69) is 10.1 Å². The summed E-state index contributed by atoms with van der Waals surface area (Å²) in [7, 11) is 1.38. The van der Waals surface area contributed by atoms with Crippen LogP contribution in [0.3, 0.4) is 0 Å². The summed E-state index contributed by atoms with van der Waals surface area (Å²) in [5.41, 5.74) is 1.48. The highest BCUT2D eigenvalue weighted by atomic mass is 19.3. The topological polar surface area (TPSA) is 56.8 Å². The molecule has 0 radical (unpaired) electrons. The van der Waals surface area contributed by atoms with E-state index in [0.29, 0.717) is 31.6 Å². The fourth-order valence-electron chi connectivity index (χ4n) is 2.23. The van der Waals surface area contributed by atoms with Gasteiger partial charge < -0.3 is 19.5 Å². The van der Waals surface area contributed by atoms with Crippen LogP contribution in [0.1, 0.15) is 18.4 Å². The van der Waals surface area contributed by atoms with E-state index in [1.54, 1.807) is 12.1 Å². The quantitative estimate of drug-likeness (QED) is 0.836. The summed E-state index contributed by atoms with van der Waals surface area (Å²) in [6, 6.07) is 4.71. The highest BCUT2D eigenvalue weighted by molar-refractivity contribution is 5.93. The van der Waals surface area contributed by atoms with E-state index in [9.17, 15) is 13.6 Å². The lowest BCUT2D eigenvalue weighted by Gasteiger charge is -2.14. The Labute approximate surface area is 133 Å². The number of nitrogens with one attached hydrogen (secondary N) is 1. The van der Waals surface area contributed by atoms with E-state index >= 15 is 0 Å². The molecule has 5 nitrogen and oxygen atoms in total. The summed E-state index contributed by atoms with van der Waals surface area (Å²) in [4.78, 5) is 11.9. The zero-order valence-corrected chi connectivity index (χ0v) is 12.8. The molecule has 1 N–H and O–H groups in total. The molecule has 0 aliphatic carbocycles. The van der Waals surface area contributed by atoms with E-state index in [4.69, 9.17) is 9.47 Å². The van der Waals surface area contributed by atoms with Crippen molar-refractivity contribution in [2.75, 3.05) is 20.3 Å². The third-order valence-corrected chi connectivity index (χ3v) is 3.37. The minimum absolute atomic E-state index is 0.0141. The number of ether oxygens (including phenoxy) is 3. The molecule has 1 aliphatic rings. The normalized spacial score (nSPS) is 14.0. The van der Waals surface area contributed by atoms with Gasteiger partial charge in [0.05, 0.1) is 25.6 Å². The summed E-state index contributed by atoms with van der Waals surface area (Å²) >= 11 is 0. The Morgan fingerprint density at radius 3 is 2.87 bits per heavy atom. The third kappa shape index (κ3) is 5.12. The molecule has 0 saturated carbocycles. The number of amides is 1. The molecule has 0 unspecified atom stereocenters. The van der Waals surface area contributed by atoms with Gasteiger partial charge in [0.15, 0.2) is 11.5 Å². The molecule has 23 heavy (non-hydrogen) atoms. The minimum Gasteiger partial charge on any atom is -0.501 e. The van der Waals surface area contributed by atoms with Gasteiger partial charge in [0.1, 0.15) is 0 Å². The number of halogens is 2. The summed E-state index contributed by atoms with van der Waals surface area (Å²) < 4.78 is 39.1. The molecule has 126 valence electrons. The molecule has 1 amide bonds. The van der Waals surface area contributed by atoms with Crippen molar-refractivity contribution in [1.29, 1.82) is 0 Å². The highest BCUT2D eigenvalue weighted by Crippen LogP contribution is 2.29. The minimum atomic E-state index is -2.90. The first-order chi connectivity index (χ1) is 11.1. The highest BCUT2D eigenvalue weighted by Gasteiger charge is 2.13. The van der Waals surface area contributed by atoms with E-state index < -0.39 is 6.61 Å². The van der Waals surface area contributed by atoms with Crippen molar-refractivity contribution in [3.05, 3.63) is 35.6 Å². The van der Waals surface area contributed by atoms with Gasteiger partial charge in [-0.05, 0) is 37.0 Å². The van der Waals surface area contributed by atoms with Crippen molar-refractivity contribution >= 4 is 5.91 Å². The predicted molar refractivity (Wildman–Crippen MR) is 79.6 cm³/mol. The molecule has 0 fully saturated rings. The Bertz CT molecular complexity index is 575. The van der Waals surface area contributed by atoms with Crippen LogP contribution in [0.5, 0.6) is 11.5 Å². The number of rotatable bonds is 7. The molecule has 7 heteroatoms. The van der Waals surface area contributed by atoms with Gasteiger partial charge in [0, 0.05) is 6.54 Å². The molecule has 0 saturated heterocycles. The molecule has 1 aromatic rings. The lowest BCUT2D eigenvalue weighted by Crippen LogP contribution is -2.28. The van der Waals surface area contributed by atoms with Crippen LogP contribution in [0.25, 0.3) is 0 Å². The van der Waals surface area contributed by atoms with Crippen LogP contribution in [0.15, 0.2) is 30.0 Å². The van der Waals surface area contributed by atoms with Crippen molar-refractivity contribution < 1.29 is 27.8 Å². The molecule has 0 aromatic heterocycles. The number of carbonyl (C=O) groups excluding carboxylic acids is 1. The summed E-state index contributed by atoms with van der Waals surface area (Å²) in [6.07, 6.45) is 3.59. The molecule has 1 heterocycles. The van der Waals surface area contributed by atoms with Gasteiger partial charge in [0.2, 0.25) is 5.91 Å². The lowest BCUT2D eigenvalue weighted by atomic mass is 10.1. The Hall–Kier alpha value is -2.31. The van der Waals surface area contributed by atoms with Crippen LogP contribution in [-0.2, 0) is 16.0 Å². The fraction of sp³-hybridized carbons (Fsp3) is 0.438. The number of hydrogen-bond acceptors (Lipinski definition) is 4. The number of alkyl halides is 2. The fourth-order valence-corrected chi connectivity index (χ4v) is 2.23. The average Bonchev–Trinajstić information content (AvgIpc) is 2.56. The average molecular weight is 327 g/mol. The maximum atomic E-state index is 12.3. The SMILES string of the molecule is COc1cc(CCNC(=O)C2=COCCC2)ccc1OC(F)F. The molecule has 1 aliphatic heterocycles. The molecule has 0 bridgehead atoms. The molecular weight excluding hydrogens is 308 g/mol. The van der Waals surface area contributed by atoms with Crippen LogP contribution in [-0.4, -0.2) is 32.8 Å². The van der Waals surface area contributed by atoms with Gasteiger partial charge in [-0.15, -0.1) is 0 Å². The predicted octanol–water partition coefficient (Wildman–Crippen LogP) is 2.65. The first-order valence-corrected chi connectivity index (χ1v) is 7.30. The van der Waals surface area contributed by atoms with Gasteiger partial charge in [-0.3, -0.25) is 4.79 Å². The molecular formula is C16H19F2NO4. The third-order valence-electron chi connectivity index (χ3n) is 3.37. The zero-order chi connectivity index (χ0) is 16.7. The zero-order valence-electron chi connectivity index (χ0n) is 12.8. The second kappa shape index (κ2) is 8.36. The van der Waals surface area contributed by atoms with Gasteiger partial charge in [-0.1, -0.05) is 6.07 Å². The number of methoxy groups -OCH3 is 1. The number of benzene rings is 1. The second-order valence-corrected chi connectivity index (χ2v) is 4.99. The lowest BCUT2D eigenvalue weighted by molar-refractivity contribution is -0.117. The molecule has 1 aromatic carbocycles. The maximum absolute atomic E-state index is 12.3. The standard InChI is InChI=1S/C16H19F2NO4/c1-21-14-9-11(4-5-13(14)23-16(17)18)6-7-19-15(20)12-3-2-8-22-10-12/h4-5,9-10,16H,2-3,6-8H2,1H3,(H,19,20). The van der Waals surface area contributed by atoms with E-state index in [1.165, 1.54) is 19.4 Å². The van der Waals surface area contributed by atoms with Crippen molar-refractivity contribution in [3.63, 3.8) is 0 Å². The van der Waals surface area contributed by atoms with Crippen molar-refractivity contribution in [1.82, 2.24) is 5.32 Å². The van der Waals surface area contributed by atoms with Crippen molar-refractivity contribution in [2.45, 2.75) is 25.9 Å². The van der Waals surface area contributed by atoms with Crippen LogP contribution in [0.2, 0.25) is 0 Å². The largest absolute Gasteiger partial charge is 0.501 e. The van der Waals surface area contributed by atoms with Crippen LogP contribution >= 0.6 is 0 Å². The molecule has 0 spiro atoms. The Kier molecular flexibility index (Phi) is 6.19. The van der Waals surface area contributed by atoms with Crippen LogP contribution in [0.4, 0.5) is 8.78 Å². The van der Waals surface area contributed by atoms with E-state index in [1.807, 2.05) is 0 Å². The molecule has 2 rings (SSSR count). The monoisotopic (exact) mass is 327 g/mol. The van der Waals surface area contributed by atoms with Gasteiger partial charge >= 0.3 is 6.61 Å². The molecule has 0 atom stereocenters. The Morgan fingerprint density at radius 2 is 2.22 bits per heavy atom. The summed E-state index contributed by atoms with van der Waals surface area (Å²) in [6.45, 7) is -1.84. The summed E-state index contributed by atoms with van der Waals surface area (Å²) in [5.74, 6) is 0.0756. The van der Waals surface area contributed by atoms with Gasteiger partial charge in [-0.25, -0.2) is 0 Å². The first-order valence-electron chi connectivity index (χ1n) is 7.30. The van der Waals surface area contributed by atoms with Gasteiger partial charge in [-0.2, -0.15) is 8.78 Å². The summed E-state index contributed by atoms with van der Waals surface area (Å²) in [5, 5.41) is 2.81. The van der Waals surface area contributed by atoms with Crippen molar-refractivity contribution in [2.24, 2.45) is 0 Å². The van der Waals surface area contributed by atoms with E-state index in [-0.39, 0.29) is 17.4 Å². The number of carbonyl (C=O) groups is 1. The number of hydrogen-bond donors (Lipinski definition) is 1. The smallest absolute Gasteiger partial charge is 0.387 e. The maximum Gasteiger partial charge on any atom is 0.387 e. The Balaban J connectivity index is 1.88. The van der Waals surface area contributed by atoms with Gasteiger partial charge in [0.25, 0.3) is 0 Å². The van der Waals surface area contributed by atoms with Crippen LogP contribution < -0.4 is 14.8 Å². The van der Waals surface area contributed by atoms with Crippen molar-refractivity contribution in [3.8, 4) is 11.5 Å². The first kappa shape index (κ1) is 17.1.